The Morgan fingerprint density at radius 3 is 2.57 bits per heavy atom. The minimum atomic E-state index is 0.272. The summed E-state index contributed by atoms with van der Waals surface area (Å²) in [6.07, 6.45) is 3.07. The zero-order valence-electron chi connectivity index (χ0n) is 13.4. The molecule has 0 fully saturated rings. The maximum absolute atomic E-state index is 6.12. The van der Waals surface area contributed by atoms with Crippen LogP contribution in [-0.2, 0) is 13.5 Å². The average Bonchev–Trinajstić information content (AvgIpc) is 2.89. The summed E-state index contributed by atoms with van der Waals surface area (Å²) >= 11 is 6.12. The van der Waals surface area contributed by atoms with E-state index in [2.05, 4.69) is 29.0 Å². The molecule has 1 unspecified atom stereocenters. The molecule has 3 nitrogen and oxygen atoms in total. The van der Waals surface area contributed by atoms with Gasteiger partial charge >= 0.3 is 0 Å². The molecule has 0 saturated carbocycles. The largest absolute Gasteiger partial charge is 0.497 e. The second kappa shape index (κ2) is 6.65. The van der Waals surface area contributed by atoms with Gasteiger partial charge < -0.3 is 15.0 Å². The minimum absolute atomic E-state index is 0.272. The number of aromatic nitrogens is 1. The fraction of sp³-hybridized carbons (Fsp3) is 0.263. The summed E-state index contributed by atoms with van der Waals surface area (Å²) in [5, 5.41) is 1.98. The van der Waals surface area contributed by atoms with Gasteiger partial charge in [0, 0.05) is 35.1 Å². The maximum atomic E-state index is 6.12. The third kappa shape index (κ3) is 3.21. The summed E-state index contributed by atoms with van der Waals surface area (Å²) in [5.41, 5.74) is 9.75. The molecular weight excluding hydrogens is 308 g/mol. The number of ether oxygens (including phenoxy) is 1. The van der Waals surface area contributed by atoms with Crippen molar-refractivity contribution in [3.63, 3.8) is 0 Å². The van der Waals surface area contributed by atoms with Crippen molar-refractivity contribution < 1.29 is 4.74 Å². The number of fused-ring (bicyclic) bond motifs is 1. The summed E-state index contributed by atoms with van der Waals surface area (Å²) in [7, 11) is 3.72. The van der Waals surface area contributed by atoms with E-state index in [0.29, 0.717) is 6.54 Å². The second-order valence-electron chi connectivity index (χ2n) is 5.84. The molecule has 0 aliphatic carbocycles. The summed E-state index contributed by atoms with van der Waals surface area (Å²) in [6.45, 7) is 0.605. The van der Waals surface area contributed by atoms with Gasteiger partial charge in [-0.2, -0.15) is 0 Å². The fourth-order valence-corrected chi connectivity index (χ4v) is 3.25. The first kappa shape index (κ1) is 15.9. The summed E-state index contributed by atoms with van der Waals surface area (Å²) < 4.78 is 7.34. The molecule has 1 atom stereocenters. The molecule has 2 N–H and O–H groups in total. The lowest BCUT2D eigenvalue weighted by Crippen LogP contribution is -2.14. The average molecular weight is 329 g/mol. The van der Waals surface area contributed by atoms with Gasteiger partial charge in [-0.15, -0.1) is 0 Å². The predicted molar refractivity (Wildman–Crippen MR) is 96.4 cm³/mol. The quantitative estimate of drug-likeness (QED) is 0.765. The van der Waals surface area contributed by atoms with E-state index in [1.54, 1.807) is 7.11 Å². The van der Waals surface area contributed by atoms with E-state index in [-0.39, 0.29) is 5.92 Å². The molecule has 0 saturated heterocycles. The van der Waals surface area contributed by atoms with Crippen molar-refractivity contribution >= 4 is 22.5 Å². The number of nitrogens with zero attached hydrogens (tertiary/aromatic N) is 1. The first-order valence-electron chi connectivity index (χ1n) is 7.70. The molecule has 0 spiro atoms. The highest BCUT2D eigenvalue weighted by Gasteiger charge is 2.17. The van der Waals surface area contributed by atoms with E-state index in [0.717, 1.165) is 22.7 Å². The Labute approximate surface area is 141 Å². The zero-order chi connectivity index (χ0) is 16.4. The van der Waals surface area contributed by atoms with Crippen molar-refractivity contribution in [1.29, 1.82) is 0 Å². The molecule has 1 heterocycles. The van der Waals surface area contributed by atoms with Gasteiger partial charge in [0.15, 0.2) is 0 Å². The Morgan fingerprint density at radius 1 is 1.17 bits per heavy atom. The van der Waals surface area contributed by atoms with Crippen molar-refractivity contribution in [2.45, 2.75) is 12.3 Å². The molecule has 0 bridgehead atoms. The fourth-order valence-electron chi connectivity index (χ4n) is 3.08. The first-order chi connectivity index (χ1) is 11.1. The van der Waals surface area contributed by atoms with Crippen molar-refractivity contribution in [3.05, 3.63) is 64.8 Å². The molecular formula is C19H21ClN2O. The molecule has 0 aliphatic rings. The van der Waals surface area contributed by atoms with Gasteiger partial charge in [0.05, 0.1) is 7.11 Å². The summed E-state index contributed by atoms with van der Waals surface area (Å²) in [4.78, 5) is 0. The summed E-state index contributed by atoms with van der Waals surface area (Å²) in [5.74, 6) is 1.14. The van der Waals surface area contributed by atoms with Crippen LogP contribution in [0, 0.1) is 0 Å². The van der Waals surface area contributed by atoms with Crippen LogP contribution in [0.1, 0.15) is 17.0 Å². The number of hydrogen-bond donors (Lipinski definition) is 1. The Balaban J connectivity index is 1.94. The molecule has 1 aromatic heterocycles. The number of benzene rings is 2. The monoisotopic (exact) mass is 328 g/mol. The van der Waals surface area contributed by atoms with E-state index in [4.69, 9.17) is 22.1 Å². The van der Waals surface area contributed by atoms with Crippen LogP contribution < -0.4 is 10.5 Å². The van der Waals surface area contributed by atoms with Crippen LogP contribution in [0.4, 0.5) is 0 Å². The van der Waals surface area contributed by atoms with Crippen molar-refractivity contribution in [2.24, 2.45) is 12.8 Å². The van der Waals surface area contributed by atoms with Gasteiger partial charge in [-0.25, -0.2) is 0 Å². The van der Waals surface area contributed by atoms with Crippen LogP contribution in [0.15, 0.2) is 48.7 Å². The van der Waals surface area contributed by atoms with Crippen molar-refractivity contribution in [2.75, 3.05) is 13.7 Å². The van der Waals surface area contributed by atoms with E-state index >= 15 is 0 Å². The van der Waals surface area contributed by atoms with Gasteiger partial charge in [0.1, 0.15) is 5.75 Å². The minimum Gasteiger partial charge on any atom is -0.497 e. The van der Waals surface area contributed by atoms with E-state index in [9.17, 15) is 0 Å². The van der Waals surface area contributed by atoms with E-state index in [1.165, 1.54) is 16.5 Å². The zero-order valence-corrected chi connectivity index (χ0v) is 14.2. The molecule has 120 valence electrons. The topological polar surface area (TPSA) is 40.2 Å². The Bertz CT molecular complexity index is 808. The number of halogens is 1. The molecule has 0 amide bonds. The number of aryl methyl sites for hydroxylation is 1. The summed E-state index contributed by atoms with van der Waals surface area (Å²) in [6, 6.07) is 14.2. The van der Waals surface area contributed by atoms with Crippen molar-refractivity contribution in [1.82, 2.24) is 4.57 Å². The maximum Gasteiger partial charge on any atom is 0.118 e. The molecule has 4 heteroatoms. The standard InChI is InChI=1S/C19H21ClN2O/c1-22-12-18(17-8-5-15(20)10-19(17)22)14(11-21)9-13-3-6-16(23-2)7-4-13/h3-8,10,12,14H,9,11,21H2,1-2H3. The number of methoxy groups -OCH3 is 1. The predicted octanol–water partition coefficient (Wildman–Crippen LogP) is 4.13. The molecule has 2 aromatic carbocycles. The highest BCUT2D eigenvalue weighted by atomic mass is 35.5. The smallest absolute Gasteiger partial charge is 0.118 e. The Kier molecular flexibility index (Phi) is 4.60. The van der Waals surface area contributed by atoms with E-state index in [1.807, 2.05) is 31.3 Å². The molecule has 3 aromatic rings. The molecule has 3 rings (SSSR count). The molecule has 0 radical (unpaired) electrons. The van der Waals surface area contributed by atoms with Gasteiger partial charge in [-0.3, -0.25) is 0 Å². The van der Waals surface area contributed by atoms with Crippen LogP contribution in [0.25, 0.3) is 10.9 Å². The van der Waals surface area contributed by atoms with Gasteiger partial charge in [0.2, 0.25) is 0 Å². The third-order valence-electron chi connectivity index (χ3n) is 4.35. The lowest BCUT2D eigenvalue weighted by Gasteiger charge is -2.15. The van der Waals surface area contributed by atoms with Crippen LogP contribution >= 0.6 is 11.6 Å². The normalized spacial score (nSPS) is 12.5. The van der Waals surface area contributed by atoms with Crippen LogP contribution in [0.2, 0.25) is 5.02 Å². The number of hydrogen-bond acceptors (Lipinski definition) is 2. The third-order valence-corrected chi connectivity index (χ3v) is 4.58. The number of nitrogens with two attached hydrogens (primary N) is 1. The van der Waals surface area contributed by atoms with Gasteiger partial charge in [0.25, 0.3) is 0 Å². The van der Waals surface area contributed by atoms with Gasteiger partial charge in [-0.1, -0.05) is 29.8 Å². The Morgan fingerprint density at radius 2 is 1.91 bits per heavy atom. The lowest BCUT2D eigenvalue weighted by atomic mass is 9.92. The lowest BCUT2D eigenvalue weighted by molar-refractivity contribution is 0.414. The second-order valence-corrected chi connectivity index (χ2v) is 6.28. The van der Waals surface area contributed by atoms with Crippen LogP contribution in [0.5, 0.6) is 5.75 Å². The number of rotatable bonds is 5. The van der Waals surface area contributed by atoms with E-state index < -0.39 is 0 Å². The highest BCUT2D eigenvalue weighted by Crippen LogP contribution is 2.31. The molecule has 23 heavy (non-hydrogen) atoms. The molecule has 0 aliphatic heterocycles. The SMILES string of the molecule is COc1ccc(CC(CN)c2cn(C)c3cc(Cl)ccc23)cc1. The van der Waals surface area contributed by atoms with Crippen LogP contribution in [0.3, 0.4) is 0 Å². The van der Waals surface area contributed by atoms with Crippen LogP contribution in [-0.4, -0.2) is 18.2 Å². The highest BCUT2D eigenvalue weighted by molar-refractivity contribution is 6.31. The Hall–Kier alpha value is -1.97. The van der Waals surface area contributed by atoms with Gasteiger partial charge in [-0.05, 0) is 48.4 Å². The first-order valence-corrected chi connectivity index (χ1v) is 8.07. The van der Waals surface area contributed by atoms with Crippen molar-refractivity contribution in [3.8, 4) is 5.75 Å².